The van der Waals surface area contributed by atoms with Crippen molar-refractivity contribution in [3.05, 3.63) is 18.1 Å². The Morgan fingerprint density at radius 1 is 1.13 bits per heavy atom. The predicted octanol–water partition coefficient (Wildman–Crippen LogP) is 2.25. The first kappa shape index (κ1) is 15.3. The summed E-state index contributed by atoms with van der Waals surface area (Å²) in [5.74, 6) is 1.90. The first-order valence-electron chi connectivity index (χ1n) is 9.16. The summed E-state index contributed by atoms with van der Waals surface area (Å²) in [6, 6.07) is 3.51. The molecule has 1 aromatic rings. The molecule has 0 N–H and O–H groups in total. The van der Waals surface area contributed by atoms with E-state index < -0.39 is 0 Å². The first-order chi connectivity index (χ1) is 11.3. The molecule has 0 aromatic carbocycles. The lowest BCUT2D eigenvalue weighted by Gasteiger charge is -2.40. The smallest absolute Gasteiger partial charge is 0.132 e. The summed E-state index contributed by atoms with van der Waals surface area (Å²) in [6.45, 7) is 7.65. The summed E-state index contributed by atoms with van der Waals surface area (Å²) in [5.41, 5.74) is 1.07. The summed E-state index contributed by atoms with van der Waals surface area (Å²) in [6.07, 6.45) is 8.12. The van der Waals surface area contributed by atoms with E-state index in [0.717, 1.165) is 30.6 Å². The number of aromatic nitrogens is 2. The van der Waals surface area contributed by atoms with Crippen LogP contribution in [0.25, 0.3) is 0 Å². The molecule has 3 aliphatic rings. The number of aryl methyl sites for hydroxylation is 1. The van der Waals surface area contributed by atoms with E-state index in [4.69, 9.17) is 4.74 Å². The predicted molar refractivity (Wildman–Crippen MR) is 90.7 cm³/mol. The van der Waals surface area contributed by atoms with Crippen LogP contribution in [0.4, 0.5) is 5.82 Å². The second kappa shape index (κ2) is 6.73. The van der Waals surface area contributed by atoms with Crippen molar-refractivity contribution in [2.45, 2.75) is 51.1 Å². The van der Waals surface area contributed by atoms with Gasteiger partial charge in [-0.05, 0) is 44.9 Å². The van der Waals surface area contributed by atoms with Gasteiger partial charge in [0.05, 0.1) is 6.61 Å². The molecule has 1 aromatic heterocycles. The highest BCUT2D eigenvalue weighted by molar-refractivity contribution is 5.43. The standard InChI is InChI=1S/C18H28N4O/c1-14-10-18(20-13-19-14)22(16-2-3-16)17-4-7-21(8-5-17)11-15-6-9-23-12-15/h10,13,15-17H,2-9,11-12H2,1H3. The van der Waals surface area contributed by atoms with Gasteiger partial charge in [-0.25, -0.2) is 9.97 Å². The van der Waals surface area contributed by atoms with Crippen LogP contribution in [0.15, 0.2) is 12.4 Å². The van der Waals surface area contributed by atoms with Crippen LogP contribution in [0.2, 0.25) is 0 Å². The van der Waals surface area contributed by atoms with E-state index in [1.54, 1.807) is 6.33 Å². The molecule has 2 aliphatic heterocycles. The van der Waals surface area contributed by atoms with Crippen molar-refractivity contribution in [2.24, 2.45) is 5.92 Å². The first-order valence-corrected chi connectivity index (χ1v) is 9.16. The minimum absolute atomic E-state index is 0.646. The van der Waals surface area contributed by atoms with Crippen LogP contribution in [0, 0.1) is 12.8 Å². The van der Waals surface area contributed by atoms with Crippen molar-refractivity contribution in [3.8, 4) is 0 Å². The van der Waals surface area contributed by atoms with Gasteiger partial charge in [-0.2, -0.15) is 0 Å². The van der Waals surface area contributed by atoms with Crippen LogP contribution in [-0.4, -0.2) is 59.8 Å². The maximum absolute atomic E-state index is 5.52. The third-order valence-corrected chi connectivity index (χ3v) is 5.49. The van der Waals surface area contributed by atoms with Gasteiger partial charge in [-0.3, -0.25) is 0 Å². The molecule has 1 saturated carbocycles. The maximum Gasteiger partial charge on any atom is 0.132 e. The summed E-state index contributed by atoms with van der Waals surface area (Å²) in [7, 11) is 0. The summed E-state index contributed by atoms with van der Waals surface area (Å²) in [5, 5.41) is 0. The Morgan fingerprint density at radius 2 is 1.91 bits per heavy atom. The molecule has 3 heterocycles. The van der Waals surface area contributed by atoms with Gasteiger partial charge in [0.25, 0.3) is 0 Å². The Labute approximate surface area is 139 Å². The molecule has 3 fully saturated rings. The van der Waals surface area contributed by atoms with E-state index in [1.807, 2.05) is 0 Å². The van der Waals surface area contributed by atoms with Crippen LogP contribution in [-0.2, 0) is 4.74 Å². The van der Waals surface area contributed by atoms with E-state index in [2.05, 4.69) is 32.8 Å². The number of ether oxygens (including phenoxy) is 1. The molecule has 0 amide bonds. The van der Waals surface area contributed by atoms with Crippen LogP contribution < -0.4 is 4.90 Å². The Balaban J connectivity index is 1.37. The Morgan fingerprint density at radius 3 is 2.57 bits per heavy atom. The topological polar surface area (TPSA) is 41.5 Å². The molecular formula is C18H28N4O. The number of piperidine rings is 1. The lowest BCUT2D eigenvalue weighted by molar-refractivity contribution is 0.151. The Hall–Kier alpha value is -1.20. The van der Waals surface area contributed by atoms with Gasteiger partial charge in [0.2, 0.25) is 0 Å². The average molecular weight is 316 g/mol. The van der Waals surface area contributed by atoms with Crippen molar-refractivity contribution in [1.29, 1.82) is 0 Å². The second-order valence-corrected chi connectivity index (χ2v) is 7.42. The monoisotopic (exact) mass is 316 g/mol. The molecule has 2 saturated heterocycles. The lowest BCUT2D eigenvalue weighted by atomic mass is 10.0. The van der Waals surface area contributed by atoms with Gasteiger partial charge in [0.1, 0.15) is 12.1 Å². The molecule has 0 spiro atoms. The van der Waals surface area contributed by atoms with Crippen LogP contribution in [0.3, 0.4) is 0 Å². The highest BCUT2D eigenvalue weighted by atomic mass is 16.5. The third kappa shape index (κ3) is 3.66. The molecule has 5 heteroatoms. The van der Waals surface area contributed by atoms with Gasteiger partial charge in [-0.15, -0.1) is 0 Å². The van der Waals surface area contributed by atoms with E-state index in [1.165, 1.54) is 51.7 Å². The van der Waals surface area contributed by atoms with Gasteiger partial charge in [0, 0.05) is 50.1 Å². The second-order valence-electron chi connectivity index (χ2n) is 7.42. The molecule has 0 radical (unpaired) electrons. The van der Waals surface area contributed by atoms with Crippen molar-refractivity contribution in [3.63, 3.8) is 0 Å². The number of hydrogen-bond donors (Lipinski definition) is 0. The van der Waals surface area contributed by atoms with Crippen molar-refractivity contribution >= 4 is 5.82 Å². The van der Waals surface area contributed by atoms with E-state index >= 15 is 0 Å². The highest BCUT2D eigenvalue weighted by Gasteiger charge is 2.36. The van der Waals surface area contributed by atoms with E-state index in [9.17, 15) is 0 Å². The Kier molecular flexibility index (Phi) is 4.49. The third-order valence-electron chi connectivity index (χ3n) is 5.49. The zero-order valence-electron chi connectivity index (χ0n) is 14.2. The number of hydrogen-bond acceptors (Lipinski definition) is 5. The minimum Gasteiger partial charge on any atom is -0.381 e. The van der Waals surface area contributed by atoms with E-state index in [0.29, 0.717) is 12.1 Å². The normalized spacial score (nSPS) is 26.6. The summed E-state index contributed by atoms with van der Waals surface area (Å²) >= 11 is 0. The van der Waals surface area contributed by atoms with E-state index in [-0.39, 0.29) is 0 Å². The zero-order chi connectivity index (χ0) is 15.6. The molecule has 1 unspecified atom stereocenters. The average Bonchev–Trinajstić information content (AvgIpc) is 3.25. The number of anilines is 1. The SMILES string of the molecule is Cc1cc(N(C2CC2)C2CCN(CC3CCOC3)CC2)ncn1. The molecule has 0 bridgehead atoms. The van der Waals surface area contributed by atoms with Crippen molar-refractivity contribution in [1.82, 2.24) is 14.9 Å². The van der Waals surface area contributed by atoms with Crippen molar-refractivity contribution in [2.75, 3.05) is 37.7 Å². The number of rotatable bonds is 5. The fourth-order valence-electron chi connectivity index (χ4n) is 4.08. The highest BCUT2D eigenvalue weighted by Crippen LogP contribution is 2.35. The fraction of sp³-hybridized carbons (Fsp3) is 0.778. The van der Waals surface area contributed by atoms with Gasteiger partial charge < -0.3 is 14.5 Å². The van der Waals surface area contributed by atoms with Gasteiger partial charge in [0.15, 0.2) is 0 Å². The quantitative estimate of drug-likeness (QED) is 0.833. The molecular weight excluding hydrogens is 288 g/mol. The lowest BCUT2D eigenvalue weighted by Crippen LogP contribution is -2.47. The molecule has 23 heavy (non-hydrogen) atoms. The number of likely N-dealkylation sites (tertiary alicyclic amines) is 1. The molecule has 4 rings (SSSR count). The maximum atomic E-state index is 5.52. The van der Waals surface area contributed by atoms with Gasteiger partial charge in [-0.1, -0.05) is 0 Å². The minimum atomic E-state index is 0.646. The largest absolute Gasteiger partial charge is 0.381 e. The van der Waals surface area contributed by atoms with Crippen LogP contribution >= 0.6 is 0 Å². The van der Waals surface area contributed by atoms with Gasteiger partial charge >= 0.3 is 0 Å². The molecule has 5 nitrogen and oxygen atoms in total. The zero-order valence-corrected chi connectivity index (χ0v) is 14.2. The number of nitrogens with zero attached hydrogens (tertiary/aromatic N) is 4. The molecule has 1 atom stereocenters. The van der Waals surface area contributed by atoms with Crippen LogP contribution in [0.5, 0.6) is 0 Å². The molecule has 126 valence electrons. The summed E-state index contributed by atoms with van der Waals surface area (Å²) < 4.78 is 5.52. The molecule has 1 aliphatic carbocycles. The van der Waals surface area contributed by atoms with Crippen molar-refractivity contribution < 1.29 is 4.74 Å². The Bertz CT molecular complexity index is 520. The van der Waals surface area contributed by atoms with Crippen LogP contribution in [0.1, 0.15) is 37.8 Å². The fourth-order valence-corrected chi connectivity index (χ4v) is 4.08. The summed E-state index contributed by atoms with van der Waals surface area (Å²) in [4.78, 5) is 14.1.